The van der Waals surface area contributed by atoms with Crippen LogP contribution in [0.3, 0.4) is 0 Å². The van der Waals surface area contributed by atoms with Gasteiger partial charge in [0.1, 0.15) is 0 Å². The lowest BCUT2D eigenvalue weighted by Crippen LogP contribution is -2.55. The molecule has 1 N–H and O–H groups in total. The standard InChI is InChI=1S/C14H15F3N2O2/c1-2-5-9-8-12(20)19(13(21)18-9)11-7-4-3-6-10(11)14(15,16)17/h3-4,6-7,9H,2,5,8H2,1H3,(H,18,21). The third kappa shape index (κ3) is 3.17. The number of halogens is 3. The summed E-state index contributed by atoms with van der Waals surface area (Å²) >= 11 is 0. The Labute approximate surface area is 119 Å². The minimum Gasteiger partial charge on any atom is -0.334 e. The second kappa shape index (κ2) is 5.75. The number of urea groups is 1. The number of hydrogen-bond donors (Lipinski definition) is 1. The Morgan fingerprint density at radius 1 is 1.29 bits per heavy atom. The van der Waals surface area contributed by atoms with Crippen molar-refractivity contribution in [2.24, 2.45) is 0 Å². The molecule has 1 aliphatic heterocycles. The number of benzene rings is 1. The number of nitrogens with zero attached hydrogens (tertiary/aromatic N) is 1. The first-order valence-electron chi connectivity index (χ1n) is 6.64. The first kappa shape index (κ1) is 15.3. The fourth-order valence-corrected chi connectivity index (χ4v) is 2.38. The van der Waals surface area contributed by atoms with Gasteiger partial charge in [0.15, 0.2) is 0 Å². The Kier molecular flexibility index (Phi) is 4.20. The fraction of sp³-hybridized carbons (Fsp3) is 0.429. The molecule has 1 unspecified atom stereocenters. The summed E-state index contributed by atoms with van der Waals surface area (Å²) in [4.78, 5) is 24.6. The van der Waals surface area contributed by atoms with Gasteiger partial charge in [0, 0.05) is 12.5 Å². The Bertz CT molecular complexity index is 539. The first-order chi connectivity index (χ1) is 9.84. The van der Waals surface area contributed by atoms with Crippen LogP contribution in [0.5, 0.6) is 0 Å². The van der Waals surface area contributed by atoms with Gasteiger partial charge in [-0.05, 0) is 18.6 Å². The zero-order valence-corrected chi connectivity index (χ0v) is 11.4. The Morgan fingerprint density at radius 2 is 1.95 bits per heavy atom. The van der Waals surface area contributed by atoms with Gasteiger partial charge >= 0.3 is 12.2 Å². The van der Waals surface area contributed by atoms with Crippen LogP contribution in [0.15, 0.2) is 24.3 Å². The molecule has 0 aromatic heterocycles. The van der Waals surface area contributed by atoms with Gasteiger partial charge in [-0.1, -0.05) is 25.5 Å². The highest BCUT2D eigenvalue weighted by atomic mass is 19.4. The minimum atomic E-state index is -4.63. The summed E-state index contributed by atoms with van der Waals surface area (Å²) in [5, 5.41) is 2.57. The van der Waals surface area contributed by atoms with Crippen molar-refractivity contribution in [1.82, 2.24) is 5.32 Å². The molecule has 1 saturated heterocycles. The molecule has 0 bridgehead atoms. The van der Waals surface area contributed by atoms with Crippen LogP contribution >= 0.6 is 0 Å². The molecule has 1 aromatic rings. The van der Waals surface area contributed by atoms with E-state index in [2.05, 4.69) is 5.32 Å². The smallest absolute Gasteiger partial charge is 0.334 e. The van der Waals surface area contributed by atoms with Crippen molar-refractivity contribution in [2.45, 2.75) is 38.4 Å². The zero-order valence-electron chi connectivity index (χ0n) is 11.4. The van der Waals surface area contributed by atoms with Crippen molar-refractivity contribution in [3.8, 4) is 0 Å². The predicted octanol–water partition coefficient (Wildman–Crippen LogP) is 3.32. The number of rotatable bonds is 3. The highest BCUT2D eigenvalue weighted by molar-refractivity contribution is 6.16. The summed E-state index contributed by atoms with van der Waals surface area (Å²) in [5.41, 5.74) is -1.43. The molecular formula is C14H15F3N2O2. The maximum atomic E-state index is 13.0. The zero-order chi connectivity index (χ0) is 15.6. The lowest BCUT2D eigenvalue weighted by Gasteiger charge is -2.32. The number of anilines is 1. The van der Waals surface area contributed by atoms with E-state index in [0.717, 1.165) is 18.6 Å². The van der Waals surface area contributed by atoms with Gasteiger partial charge in [0.05, 0.1) is 11.3 Å². The number of alkyl halides is 3. The summed E-state index contributed by atoms with van der Waals surface area (Å²) in [5.74, 6) is -0.617. The van der Waals surface area contributed by atoms with Crippen molar-refractivity contribution < 1.29 is 22.8 Å². The van der Waals surface area contributed by atoms with Gasteiger partial charge in [-0.3, -0.25) is 4.79 Å². The van der Waals surface area contributed by atoms with Crippen LogP contribution in [-0.2, 0) is 11.0 Å². The van der Waals surface area contributed by atoms with Crippen LogP contribution in [-0.4, -0.2) is 18.0 Å². The molecule has 0 saturated carbocycles. The number of para-hydroxylation sites is 1. The van der Waals surface area contributed by atoms with Crippen molar-refractivity contribution in [3.05, 3.63) is 29.8 Å². The average Bonchev–Trinajstić information content (AvgIpc) is 2.37. The maximum absolute atomic E-state index is 13.0. The van der Waals surface area contributed by atoms with E-state index < -0.39 is 29.4 Å². The SMILES string of the molecule is CCCC1CC(=O)N(c2ccccc2C(F)(F)F)C(=O)N1. The van der Waals surface area contributed by atoms with Gasteiger partial charge in [-0.25, -0.2) is 9.69 Å². The van der Waals surface area contributed by atoms with E-state index in [9.17, 15) is 22.8 Å². The van der Waals surface area contributed by atoms with Crippen LogP contribution in [0.2, 0.25) is 0 Å². The van der Waals surface area contributed by atoms with Crippen molar-refractivity contribution >= 4 is 17.6 Å². The maximum Gasteiger partial charge on any atom is 0.418 e. The van der Waals surface area contributed by atoms with E-state index in [1.165, 1.54) is 12.1 Å². The first-order valence-corrected chi connectivity index (χ1v) is 6.64. The summed E-state index contributed by atoms with van der Waals surface area (Å²) in [7, 11) is 0. The predicted molar refractivity (Wildman–Crippen MR) is 70.8 cm³/mol. The quantitative estimate of drug-likeness (QED) is 0.931. The summed E-state index contributed by atoms with van der Waals surface area (Å²) in [6.07, 6.45) is -3.23. The molecule has 7 heteroatoms. The second-order valence-corrected chi connectivity index (χ2v) is 4.88. The van der Waals surface area contributed by atoms with E-state index in [4.69, 9.17) is 0 Å². The topological polar surface area (TPSA) is 49.4 Å². The van der Waals surface area contributed by atoms with Crippen molar-refractivity contribution in [2.75, 3.05) is 4.90 Å². The van der Waals surface area contributed by atoms with E-state index in [1.807, 2.05) is 6.92 Å². The van der Waals surface area contributed by atoms with Crippen LogP contribution in [0.1, 0.15) is 31.7 Å². The molecule has 114 valence electrons. The Hall–Kier alpha value is -2.05. The van der Waals surface area contributed by atoms with Crippen molar-refractivity contribution in [3.63, 3.8) is 0 Å². The number of nitrogens with one attached hydrogen (secondary N) is 1. The van der Waals surface area contributed by atoms with Gasteiger partial charge in [0.25, 0.3) is 0 Å². The van der Waals surface area contributed by atoms with Gasteiger partial charge in [-0.15, -0.1) is 0 Å². The highest BCUT2D eigenvalue weighted by Gasteiger charge is 2.40. The number of carbonyl (C=O) groups excluding carboxylic acids is 2. The molecule has 1 atom stereocenters. The molecule has 1 aliphatic rings. The van der Waals surface area contributed by atoms with E-state index >= 15 is 0 Å². The van der Waals surface area contributed by atoms with E-state index in [-0.39, 0.29) is 12.5 Å². The van der Waals surface area contributed by atoms with Gasteiger partial charge in [0.2, 0.25) is 5.91 Å². The summed E-state index contributed by atoms with van der Waals surface area (Å²) in [6.45, 7) is 1.90. The monoisotopic (exact) mass is 300 g/mol. The normalized spacial score (nSPS) is 19.6. The van der Waals surface area contributed by atoms with Crippen molar-refractivity contribution in [1.29, 1.82) is 0 Å². The number of hydrogen-bond acceptors (Lipinski definition) is 2. The number of carbonyl (C=O) groups is 2. The number of imide groups is 1. The Morgan fingerprint density at radius 3 is 2.52 bits per heavy atom. The molecule has 0 radical (unpaired) electrons. The molecule has 0 aliphatic carbocycles. The molecule has 1 fully saturated rings. The third-order valence-electron chi connectivity index (χ3n) is 3.29. The van der Waals surface area contributed by atoms with Crippen LogP contribution in [0.4, 0.5) is 23.7 Å². The average molecular weight is 300 g/mol. The van der Waals surface area contributed by atoms with E-state index in [1.54, 1.807) is 0 Å². The minimum absolute atomic E-state index is 0.00573. The molecule has 4 nitrogen and oxygen atoms in total. The molecule has 0 spiro atoms. The second-order valence-electron chi connectivity index (χ2n) is 4.88. The highest BCUT2D eigenvalue weighted by Crippen LogP contribution is 2.37. The third-order valence-corrected chi connectivity index (χ3v) is 3.29. The fourth-order valence-electron chi connectivity index (χ4n) is 2.38. The van der Waals surface area contributed by atoms with E-state index in [0.29, 0.717) is 11.3 Å². The lowest BCUT2D eigenvalue weighted by molar-refractivity contribution is -0.137. The van der Waals surface area contributed by atoms with Gasteiger partial charge in [-0.2, -0.15) is 13.2 Å². The van der Waals surface area contributed by atoms with Crippen LogP contribution in [0.25, 0.3) is 0 Å². The molecule has 1 heterocycles. The number of amides is 3. The Balaban J connectivity index is 2.35. The molecule has 3 amide bonds. The summed E-state index contributed by atoms with van der Waals surface area (Å²) in [6, 6.07) is 3.45. The van der Waals surface area contributed by atoms with Gasteiger partial charge < -0.3 is 5.32 Å². The van der Waals surface area contributed by atoms with Crippen LogP contribution in [0, 0.1) is 0 Å². The largest absolute Gasteiger partial charge is 0.418 e. The molecular weight excluding hydrogens is 285 g/mol. The lowest BCUT2D eigenvalue weighted by atomic mass is 10.0. The molecule has 2 rings (SSSR count). The molecule has 1 aromatic carbocycles. The van der Waals surface area contributed by atoms with Crippen LogP contribution < -0.4 is 10.2 Å². The summed E-state index contributed by atoms with van der Waals surface area (Å²) < 4.78 is 39.0. The molecule has 21 heavy (non-hydrogen) atoms.